The van der Waals surface area contributed by atoms with E-state index < -0.39 is 0 Å². The smallest absolute Gasteiger partial charge is 0.257 e. The predicted octanol–water partition coefficient (Wildman–Crippen LogP) is 3.33. The van der Waals surface area contributed by atoms with Gasteiger partial charge in [-0.3, -0.25) is 14.3 Å². The lowest BCUT2D eigenvalue weighted by Gasteiger charge is -2.42. The first-order chi connectivity index (χ1) is 19.0. The Hall–Kier alpha value is -3.95. The summed E-state index contributed by atoms with van der Waals surface area (Å²) in [4.78, 5) is 39.2. The van der Waals surface area contributed by atoms with E-state index >= 15 is 0 Å². The Morgan fingerprint density at radius 1 is 1.10 bits per heavy atom. The lowest BCUT2D eigenvalue weighted by molar-refractivity contribution is 0.0365. The fraction of sp³-hybridized carbons (Fsp3) is 0.483. The fourth-order valence-corrected chi connectivity index (χ4v) is 5.50. The summed E-state index contributed by atoms with van der Waals surface area (Å²) in [6, 6.07) is 9.35. The zero-order chi connectivity index (χ0) is 27.2. The lowest BCUT2D eigenvalue weighted by atomic mass is 9.75. The summed E-state index contributed by atoms with van der Waals surface area (Å²) in [6.07, 6.45) is 8.82. The maximum absolute atomic E-state index is 13.2. The van der Waals surface area contributed by atoms with Crippen LogP contribution in [0.15, 0.2) is 48.9 Å². The van der Waals surface area contributed by atoms with E-state index in [4.69, 9.17) is 4.74 Å². The van der Waals surface area contributed by atoms with Gasteiger partial charge in [-0.1, -0.05) is 12.1 Å². The number of nitrogens with one attached hydrogen (secondary N) is 1. The molecule has 206 valence electrons. The number of amides is 2. The summed E-state index contributed by atoms with van der Waals surface area (Å²) in [5, 5.41) is 7.32. The summed E-state index contributed by atoms with van der Waals surface area (Å²) in [5.41, 5.74) is 1.07. The molecule has 0 saturated carbocycles. The molecule has 10 heteroatoms. The summed E-state index contributed by atoms with van der Waals surface area (Å²) < 4.78 is 8.16. The molecule has 1 saturated heterocycles. The molecule has 2 aromatic heterocycles. The van der Waals surface area contributed by atoms with E-state index in [0.717, 1.165) is 50.4 Å². The molecule has 10 nitrogen and oxygen atoms in total. The second-order valence-corrected chi connectivity index (χ2v) is 10.5. The van der Waals surface area contributed by atoms with Crippen LogP contribution < -0.4 is 15.0 Å². The first kappa shape index (κ1) is 26.6. The molecule has 2 aliphatic heterocycles. The molecule has 0 aliphatic carbocycles. The van der Waals surface area contributed by atoms with Gasteiger partial charge in [-0.15, -0.1) is 0 Å². The average Bonchev–Trinajstić information content (AvgIpc) is 3.45. The number of aryl methyl sites for hydroxylation is 2. The molecule has 2 amide bonds. The third-order valence-corrected chi connectivity index (χ3v) is 7.87. The van der Waals surface area contributed by atoms with E-state index in [1.807, 2.05) is 49.2 Å². The van der Waals surface area contributed by atoms with E-state index in [2.05, 4.69) is 25.3 Å². The van der Waals surface area contributed by atoms with Crippen molar-refractivity contribution in [2.75, 3.05) is 44.2 Å². The first-order valence-corrected chi connectivity index (χ1v) is 13.8. The zero-order valence-corrected chi connectivity index (χ0v) is 22.8. The second kappa shape index (κ2) is 11.8. The topological polar surface area (TPSA) is 105 Å². The molecule has 5 rings (SSSR count). The molecule has 1 fully saturated rings. The highest BCUT2D eigenvalue weighted by molar-refractivity contribution is 5.97. The Morgan fingerprint density at radius 2 is 1.92 bits per heavy atom. The van der Waals surface area contributed by atoms with Crippen molar-refractivity contribution in [1.82, 2.24) is 30.0 Å². The number of para-hydroxylation sites is 1. The maximum atomic E-state index is 13.2. The van der Waals surface area contributed by atoms with Gasteiger partial charge in [0.2, 0.25) is 0 Å². The second-order valence-electron chi connectivity index (χ2n) is 10.5. The van der Waals surface area contributed by atoms with E-state index in [-0.39, 0.29) is 17.2 Å². The van der Waals surface area contributed by atoms with Crippen molar-refractivity contribution in [3.63, 3.8) is 0 Å². The molecule has 4 heterocycles. The van der Waals surface area contributed by atoms with Gasteiger partial charge in [0.15, 0.2) is 0 Å². The highest BCUT2D eigenvalue weighted by atomic mass is 16.5. The molecule has 2 aliphatic rings. The number of anilines is 1. The van der Waals surface area contributed by atoms with Crippen LogP contribution in [0.25, 0.3) is 0 Å². The molecule has 1 spiro atoms. The van der Waals surface area contributed by atoms with E-state index in [9.17, 15) is 9.59 Å². The van der Waals surface area contributed by atoms with Crippen LogP contribution in [-0.4, -0.2) is 75.8 Å². The van der Waals surface area contributed by atoms with Crippen LogP contribution in [0.1, 0.15) is 59.1 Å². The van der Waals surface area contributed by atoms with E-state index in [1.54, 1.807) is 23.1 Å². The normalized spacial score (nSPS) is 18.3. The van der Waals surface area contributed by atoms with Crippen molar-refractivity contribution in [1.29, 1.82) is 0 Å². The summed E-state index contributed by atoms with van der Waals surface area (Å²) in [6.45, 7) is 8.40. The maximum Gasteiger partial charge on any atom is 0.257 e. The molecule has 39 heavy (non-hydrogen) atoms. The summed E-state index contributed by atoms with van der Waals surface area (Å²) >= 11 is 0. The van der Waals surface area contributed by atoms with E-state index in [1.165, 1.54) is 0 Å². The number of rotatable bonds is 3. The number of hydrogen-bond donors (Lipinski definition) is 1. The molecule has 0 bridgehead atoms. The monoisotopic (exact) mass is 531 g/mol. The van der Waals surface area contributed by atoms with Crippen LogP contribution in [-0.2, 0) is 6.54 Å². The van der Waals surface area contributed by atoms with Gasteiger partial charge in [0.05, 0.1) is 23.9 Å². The number of fused-ring (bicyclic) bond motifs is 1. The molecular weight excluding hydrogens is 494 g/mol. The Labute approximate surface area is 229 Å². The number of hydrogen-bond acceptors (Lipinski definition) is 7. The van der Waals surface area contributed by atoms with Crippen LogP contribution in [0.2, 0.25) is 0 Å². The Kier molecular flexibility index (Phi) is 8.09. The summed E-state index contributed by atoms with van der Waals surface area (Å²) in [5.74, 6) is 2.07. The average molecular weight is 532 g/mol. The quantitative estimate of drug-likeness (QED) is 0.553. The standard InChI is InChI=1S/C29H37N7O3/c1-3-36-20-23(19-32-36)28(38)35-16-11-29(12-17-35)10-6-15-34(26-9-13-30-22(2)33-26)18-14-31-27(37)24-7-4-5-8-25(24)39-21-29/h4-5,7-9,13,19-20H,3,6,10-12,14-18,21H2,1-2H3,(H,31,37). The molecule has 0 atom stereocenters. The van der Waals surface area contributed by atoms with Crippen LogP contribution in [0, 0.1) is 12.3 Å². The minimum absolute atomic E-state index is 0.0300. The van der Waals surface area contributed by atoms with Crippen LogP contribution >= 0.6 is 0 Å². The number of likely N-dealkylation sites (tertiary alicyclic amines) is 1. The van der Waals surface area contributed by atoms with Crippen LogP contribution in [0.5, 0.6) is 5.75 Å². The van der Waals surface area contributed by atoms with Gasteiger partial charge in [-0.2, -0.15) is 5.10 Å². The minimum Gasteiger partial charge on any atom is -0.492 e. The van der Waals surface area contributed by atoms with Crippen molar-refractivity contribution < 1.29 is 14.3 Å². The number of benzene rings is 1. The van der Waals surface area contributed by atoms with Gasteiger partial charge >= 0.3 is 0 Å². The number of carbonyl (C=O) groups excluding carboxylic acids is 2. The SMILES string of the molecule is CCn1cc(C(=O)N2CCC3(CCCN(c4ccnc(C)n4)CCNC(=O)c4ccccc4OC3)CC2)cn1. The zero-order valence-electron chi connectivity index (χ0n) is 22.8. The first-order valence-electron chi connectivity index (χ1n) is 13.8. The highest BCUT2D eigenvalue weighted by Crippen LogP contribution is 2.38. The van der Waals surface area contributed by atoms with Gasteiger partial charge in [-0.25, -0.2) is 9.97 Å². The number of aromatic nitrogens is 4. The molecular formula is C29H37N7O3. The molecule has 1 N–H and O–H groups in total. The number of nitrogens with zero attached hydrogens (tertiary/aromatic N) is 6. The third-order valence-electron chi connectivity index (χ3n) is 7.87. The molecule has 3 aromatic rings. The van der Waals surface area contributed by atoms with E-state index in [0.29, 0.717) is 49.7 Å². The number of ether oxygens (including phenoxy) is 1. The van der Waals surface area contributed by atoms with Gasteiger partial charge in [0.1, 0.15) is 17.4 Å². The Bertz CT molecular complexity index is 1300. The van der Waals surface area contributed by atoms with Crippen molar-refractivity contribution >= 4 is 17.6 Å². The van der Waals surface area contributed by atoms with Gasteiger partial charge in [0, 0.05) is 57.1 Å². The Balaban J connectivity index is 1.35. The highest BCUT2D eigenvalue weighted by Gasteiger charge is 2.37. The van der Waals surface area contributed by atoms with Gasteiger partial charge < -0.3 is 19.9 Å². The largest absolute Gasteiger partial charge is 0.492 e. The third kappa shape index (κ3) is 6.21. The predicted molar refractivity (Wildman–Crippen MR) is 148 cm³/mol. The van der Waals surface area contributed by atoms with Gasteiger partial charge in [-0.05, 0) is 57.7 Å². The molecule has 1 aromatic carbocycles. The van der Waals surface area contributed by atoms with Crippen LogP contribution in [0.3, 0.4) is 0 Å². The van der Waals surface area contributed by atoms with Crippen molar-refractivity contribution in [2.24, 2.45) is 5.41 Å². The van der Waals surface area contributed by atoms with Crippen molar-refractivity contribution in [3.8, 4) is 5.75 Å². The van der Waals surface area contributed by atoms with Gasteiger partial charge in [0.25, 0.3) is 11.8 Å². The van der Waals surface area contributed by atoms with Crippen molar-refractivity contribution in [2.45, 2.75) is 46.1 Å². The van der Waals surface area contributed by atoms with Crippen molar-refractivity contribution in [3.05, 3.63) is 65.9 Å². The number of carbonyl (C=O) groups is 2. The molecule has 0 unspecified atom stereocenters. The summed E-state index contributed by atoms with van der Waals surface area (Å²) in [7, 11) is 0. The fourth-order valence-electron chi connectivity index (χ4n) is 5.50. The van der Waals surface area contributed by atoms with Crippen LogP contribution in [0.4, 0.5) is 5.82 Å². The minimum atomic E-state index is -0.147. The lowest BCUT2D eigenvalue weighted by Crippen LogP contribution is -2.46. The molecule has 0 radical (unpaired) electrons. The number of piperidine rings is 1. The Morgan fingerprint density at radius 3 is 2.69 bits per heavy atom.